The third-order valence-electron chi connectivity index (χ3n) is 2.84. The van der Waals surface area contributed by atoms with Crippen LogP contribution in [0.4, 0.5) is 0 Å². The average Bonchev–Trinajstić information content (AvgIpc) is 3.11. The maximum Gasteiger partial charge on any atom is 0.152 e. The Balaban J connectivity index is 1.79. The van der Waals surface area contributed by atoms with Crippen molar-refractivity contribution in [1.29, 1.82) is 0 Å². The first-order valence-electron chi connectivity index (χ1n) is 5.97. The van der Waals surface area contributed by atoms with E-state index in [2.05, 4.69) is 17.2 Å². The molecule has 1 saturated carbocycles. The minimum absolute atomic E-state index is 0.226. The Bertz CT molecular complexity index is 355. The first kappa shape index (κ1) is 11.3. The van der Waals surface area contributed by atoms with E-state index in [4.69, 9.17) is 0 Å². The Kier molecular flexibility index (Phi) is 3.67. The third-order valence-corrected chi connectivity index (χ3v) is 2.84. The van der Waals surface area contributed by atoms with Gasteiger partial charge in [-0.15, -0.1) is 0 Å². The van der Waals surface area contributed by atoms with E-state index in [0.717, 1.165) is 12.1 Å². The molecule has 16 heavy (non-hydrogen) atoms. The number of carbonyl (C=O) groups is 1. The van der Waals surface area contributed by atoms with Gasteiger partial charge in [0.05, 0.1) is 13.0 Å². The van der Waals surface area contributed by atoms with Crippen LogP contribution in [0, 0.1) is 0 Å². The molecule has 1 heterocycles. The van der Waals surface area contributed by atoms with Crippen LogP contribution in [0.2, 0.25) is 0 Å². The quantitative estimate of drug-likeness (QED) is 0.787. The molecule has 1 aromatic heterocycles. The fourth-order valence-corrected chi connectivity index (χ4v) is 1.58. The molecule has 0 atom stereocenters. The minimum Gasteiger partial charge on any atom is -0.307 e. The summed E-state index contributed by atoms with van der Waals surface area (Å²) in [4.78, 5) is 15.9. The second-order valence-corrected chi connectivity index (χ2v) is 4.38. The second-order valence-electron chi connectivity index (χ2n) is 4.38. The van der Waals surface area contributed by atoms with Crippen LogP contribution in [-0.2, 0) is 17.6 Å². The van der Waals surface area contributed by atoms with Gasteiger partial charge in [0.25, 0.3) is 0 Å². The smallest absolute Gasteiger partial charge is 0.152 e. The van der Waals surface area contributed by atoms with E-state index < -0.39 is 0 Å². The van der Waals surface area contributed by atoms with Gasteiger partial charge in [-0.25, -0.2) is 0 Å². The van der Waals surface area contributed by atoms with Crippen LogP contribution in [0.25, 0.3) is 0 Å². The predicted molar refractivity (Wildman–Crippen MR) is 63.4 cm³/mol. The summed E-state index contributed by atoms with van der Waals surface area (Å²) in [5.74, 6) is 0.226. The first-order valence-corrected chi connectivity index (χ1v) is 5.97. The average molecular weight is 218 g/mol. The predicted octanol–water partition coefficient (Wildman–Crippen LogP) is 1.51. The summed E-state index contributed by atoms with van der Waals surface area (Å²) in [6, 6.07) is 4.59. The van der Waals surface area contributed by atoms with Crippen LogP contribution < -0.4 is 5.32 Å². The van der Waals surface area contributed by atoms with Crippen molar-refractivity contribution in [2.24, 2.45) is 0 Å². The standard InChI is InChI=1S/C13H18N2O/c1-2-10-3-4-12(14-8-10)7-13(16)9-15-11-5-6-11/h3-4,8,11,15H,2,5-7,9H2,1H3. The number of nitrogens with zero attached hydrogens (tertiary/aromatic N) is 1. The Morgan fingerprint density at radius 3 is 2.88 bits per heavy atom. The molecule has 0 spiro atoms. The number of aryl methyl sites for hydroxylation is 1. The maximum absolute atomic E-state index is 11.6. The number of Topliss-reactive ketones (excluding diaryl/α,β-unsaturated/α-hetero) is 1. The number of aromatic nitrogens is 1. The SMILES string of the molecule is CCc1ccc(CC(=O)CNC2CC2)nc1. The van der Waals surface area contributed by atoms with Gasteiger partial charge in [-0.1, -0.05) is 13.0 Å². The van der Waals surface area contributed by atoms with Crippen molar-refractivity contribution in [2.75, 3.05) is 6.54 Å². The molecule has 1 aliphatic rings. The molecule has 1 N–H and O–H groups in total. The van der Waals surface area contributed by atoms with Crippen molar-refractivity contribution in [2.45, 2.75) is 38.6 Å². The number of hydrogen-bond donors (Lipinski definition) is 1. The number of hydrogen-bond acceptors (Lipinski definition) is 3. The van der Waals surface area contributed by atoms with Gasteiger partial charge in [0.2, 0.25) is 0 Å². The van der Waals surface area contributed by atoms with Crippen LogP contribution in [0.5, 0.6) is 0 Å². The fraction of sp³-hybridized carbons (Fsp3) is 0.538. The summed E-state index contributed by atoms with van der Waals surface area (Å²) >= 11 is 0. The summed E-state index contributed by atoms with van der Waals surface area (Å²) in [5, 5.41) is 3.22. The molecule has 3 heteroatoms. The number of ketones is 1. The van der Waals surface area contributed by atoms with Crippen molar-refractivity contribution in [3.63, 3.8) is 0 Å². The summed E-state index contributed by atoms with van der Waals surface area (Å²) in [7, 11) is 0. The van der Waals surface area contributed by atoms with Gasteiger partial charge >= 0.3 is 0 Å². The van der Waals surface area contributed by atoms with Crippen LogP contribution in [0.1, 0.15) is 31.0 Å². The zero-order valence-electron chi connectivity index (χ0n) is 9.70. The van der Waals surface area contributed by atoms with Crippen molar-refractivity contribution < 1.29 is 4.79 Å². The highest BCUT2D eigenvalue weighted by molar-refractivity contribution is 5.82. The molecule has 0 amide bonds. The lowest BCUT2D eigenvalue weighted by Crippen LogP contribution is -2.26. The maximum atomic E-state index is 11.6. The van der Waals surface area contributed by atoms with Gasteiger partial charge < -0.3 is 5.32 Å². The van der Waals surface area contributed by atoms with E-state index in [1.54, 1.807) is 0 Å². The molecule has 1 aliphatic carbocycles. The van der Waals surface area contributed by atoms with Crippen molar-refractivity contribution in [3.8, 4) is 0 Å². The molecule has 86 valence electrons. The van der Waals surface area contributed by atoms with Crippen LogP contribution in [0.3, 0.4) is 0 Å². The monoisotopic (exact) mass is 218 g/mol. The van der Waals surface area contributed by atoms with Crippen molar-refractivity contribution >= 4 is 5.78 Å². The summed E-state index contributed by atoms with van der Waals surface area (Å²) < 4.78 is 0. The Morgan fingerprint density at radius 2 is 2.31 bits per heavy atom. The summed E-state index contributed by atoms with van der Waals surface area (Å²) in [6.07, 6.45) is 5.73. The molecule has 0 unspecified atom stereocenters. The number of pyridine rings is 1. The summed E-state index contributed by atoms with van der Waals surface area (Å²) in [5.41, 5.74) is 2.09. The van der Waals surface area contributed by atoms with Crippen LogP contribution >= 0.6 is 0 Å². The van der Waals surface area contributed by atoms with Gasteiger partial charge in [0.1, 0.15) is 0 Å². The molecule has 0 bridgehead atoms. The van der Waals surface area contributed by atoms with Gasteiger partial charge in [0, 0.05) is 17.9 Å². The largest absolute Gasteiger partial charge is 0.307 e. The lowest BCUT2D eigenvalue weighted by Gasteiger charge is -2.03. The number of nitrogens with one attached hydrogen (secondary N) is 1. The summed E-state index contributed by atoms with van der Waals surface area (Å²) in [6.45, 7) is 2.59. The van der Waals surface area contributed by atoms with E-state index >= 15 is 0 Å². The van der Waals surface area contributed by atoms with Crippen LogP contribution in [0.15, 0.2) is 18.3 Å². The van der Waals surface area contributed by atoms with Gasteiger partial charge in [-0.2, -0.15) is 0 Å². The Morgan fingerprint density at radius 1 is 1.50 bits per heavy atom. The van der Waals surface area contributed by atoms with Crippen LogP contribution in [-0.4, -0.2) is 23.4 Å². The third kappa shape index (κ3) is 3.42. The topological polar surface area (TPSA) is 42.0 Å². The Labute approximate surface area is 96.3 Å². The van der Waals surface area contributed by atoms with E-state index in [1.165, 1.54) is 18.4 Å². The number of carbonyl (C=O) groups excluding carboxylic acids is 1. The molecule has 0 aromatic carbocycles. The Hall–Kier alpha value is -1.22. The van der Waals surface area contributed by atoms with E-state index in [-0.39, 0.29) is 5.78 Å². The second kappa shape index (κ2) is 5.21. The molecular weight excluding hydrogens is 200 g/mol. The molecule has 1 fully saturated rings. The van der Waals surface area contributed by atoms with Crippen molar-refractivity contribution in [3.05, 3.63) is 29.6 Å². The number of rotatable bonds is 6. The zero-order valence-corrected chi connectivity index (χ0v) is 9.70. The van der Waals surface area contributed by atoms with Gasteiger partial charge in [-0.05, 0) is 30.9 Å². The molecule has 2 rings (SSSR count). The fourth-order valence-electron chi connectivity index (χ4n) is 1.58. The molecule has 3 nitrogen and oxygen atoms in total. The zero-order chi connectivity index (χ0) is 11.4. The molecule has 1 aromatic rings. The highest BCUT2D eigenvalue weighted by Crippen LogP contribution is 2.18. The lowest BCUT2D eigenvalue weighted by atomic mass is 10.1. The normalized spacial score (nSPS) is 15.1. The minimum atomic E-state index is 0.226. The lowest BCUT2D eigenvalue weighted by molar-refractivity contribution is -0.117. The van der Waals surface area contributed by atoms with Gasteiger partial charge in [0.15, 0.2) is 5.78 Å². The highest BCUT2D eigenvalue weighted by atomic mass is 16.1. The first-order chi connectivity index (χ1) is 7.78. The van der Waals surface area contributed by atoms with E-state index in [0.29, 0.717) is 19.0 Å². The molecule has 0 saturated heterocycles. The van der Waals surface area contributed by atoms with E-state index in [9.17, 15) is 4.79 Å². The molecular formula is C13H18N2O. The highest BCUT2D eigenvalue weighted by Gasteiger charge is 2.21. The van der Waals surface area contributed by atoms with E-state index in [1.807, 2.05) is 18.3 Å². The van der Waals surface area contributed by atoms with Crippen molar-refractivity contribution in [1.82, 2.24) is 10.3 Å². The molecule has 0 radical (unpaired) electrons. The molecule has 0 aliphatic heterocycles. The van der Waals surface area contributed by atoms with Gasteiger partial charge in [-0.3, -0.25) is 9.78 Å².